The van der Waals surface area contributed by atoms with Gasteiger partial charge in [0.15, 0.2) is 0 Å². The van der Waals surface area contributed by atoms with Crippen LogP contribution in [-0.4, -0.2) is 29.1 Å². The van der Waals surface area contributed by atoms with Crippen molar-refractivity contribution >= 4 is 28.8 Å². The van der Waals surface area contributed by atoms with Crippen molar-refractivity contribution in [1.29, 1.82) is 0 Å². The fourth-order valence-corrected chi connectivity index (χ4v) is 3.90. The summed E-state index contributed by atoms with van der Waals surface area (Å²) in [7, 11) is 0. The highest BCUT2D eigenvalue weighted by Gasteiger charge is 2.26. The van der Waals surface area contributed by atoms with E-state index in [4.69, 9.17) is 34.3 Å². The molecule has 0 bridgehead atoms. The van der Waals surface area contributed by atoms with Gasteiger partial charge in [0.25, 0.3) is 0 Å². The predicted molar refractivity (Wildman–Crippen MR) is 90.1 cm³/mol. The van der Waals surface area contributed by atoms with Gasteiger partial charge in [0.2, 0.25) is 0 Å². The SMILES string of the molecule is NC(=S)CN(Cc1cc(Cl)cc2c1OCC2)C1CCCC1. The van der Waals surface area contributed by atoms with E-state index in [0.29, 0.717) is 17.6 Å². The molecule has 0 spiro atoms. The Hall–Kier alpha value is -0.840. The van der Waals surface area contributed by atoms with E-state index in [9.17, 15) is 0 Å². The molecular weight excluding hydrogens is 304 g/mol. The van der Waals surface area contributed by atoms with E-state index in [1.165, 1.54) is 31.2 Å². The van der Waals surface area contributed by atoms with Gasteiger partial charge in [0.05, 0.1) is 11.6 Å². The molecule has 3 nitrogen and oxygen atoms in total. The lowest BCUT2D eigenvalue weighted by Gasteiger charge is -2.29. The smallest absolute Gasteiger partial charge is 0.127 e. The van der Waals surface area contributed by atoms with Crippen LogP contribution in [0.25, 0.3) is 0 Å². The highest BCUT2D eigenvalue weighted by atomic mass is 35.5. The Morgan fingerprint density at radius 3 is 2.86 bits per heavy atom. The second-order valence-electron chi connectivity index (χ2n) is 5.96. The molecule has 0 atom stereocenters. The van der Waals surface area contributed by atoms with E-state index in [2.05, 4.69) is 4.90 Å². The average molecular weight is 325 g/mol. The maximum atomic E-state index is 6.25. The number of rotatable bonds is 5. The van der Waals surface area contributed by atoms with Crippen LogP contribution in [0.4, 0.5) is 0 Å². The van der Waals surface area contributed by atoms with Gasteiger partial charge in [-0.2, -0.15) is 0 Å². The Morgan fingerprint density at radius 2 is 2.14 bits per heavy atom. The van der Waals surface area contributed by atoms with Gasteiger partial charge in [-0.05, 0) is 30.5 Å². The Morgan fingerprint density at radius 1 is 1.38 bits per heavy atom. The van der Waals surface area contributed by atoms with E-state index in [1.54, 1.807) is 0 Å². The Labute approximate surface area is 136 Å². The fraction of sp³-hybridized carbons (Fsp3) is 0.562. The maximum Gasteiger partial charge on any atom is 0.127 e. The zero-order chi connectivity index (χ0) is 14.8. The third-order valence-corrected chi connectivity index (χ3v) is 4.75. The van der Waals surface area contributed by atoms with Crippen LogP contribution in [0.1, 0.15) is 36.8 Å². The summed E-state index contributed by atoms with van der Waals surface area (Å²) in [6.45, 7) is 2.23. The Balaban J connectivity index is 1.83. The number of hydrogen-bond donors (Lipinski definition) is 1. The molecule has 0 saturated heterocycles. The molecule has 1 fully saturated rings. The molecule has 21 heavy (non-hydrogen) atoms. The lowest BCUT2D eigenvalue weighted by molar-refractivity contribution is 0.215. The van der Waals surface area contributed by atoms with Crippen LogP contribution in [0.5, 0.6) is 5.75 Å². The highest BCUT2D eigenvalue weighted by Crippen LogP contribution is 2.35. The summed E-state index contributed by atoms with van der Waals surface area (Å²) in [6.07, 6.45) is 5.99. The lowest BCUT2D eigenvalue weighted by Crippen LogP contribution is -2.38. The van der Waals surface area contributed by atoms with Crippen LogP contribution in [0.2, 0.25) is 5.02 Å². The topological polar surface area (TPSA) is 38.5 Å². The first-order valence-electron chi connectivity index (χ1n) is 7.60. The van der Waals surface area contributed by atoms with Gasteiger partial charge < -0.3 is 10.5 Å². The standard InChI is InChI=1S/C16H21ClN2OS/c17-13-7-11-5-6-20-16(11)12(8-13)9-19(10-15(18)21)14-3-1-2-4-14/h7-8,14H,1-6,9-10H2,(H2,18,21). The van der Waals surface area contributed by atoms with E-state index < -0.39 is 0 Å². The van der Waals surface area contributed by atoms with Gasteiger partial charge in [0, 0.05) is 36.1 Å². The second-order valence-corrected chi connectivity index (χ2v) is 6.92. The van der Waals surface area contributed by atoms with Crippen molar-refractivity contribution in [3.63, 3.8) is 0 Å². The quantitative estimate of drug-likeness (QED) is 0.843. The summed E-state index contributed by atoms with van der Waals surface area (Å²) in [6, 6.07) is 4.61. The minimum atomic E-state index is 0.557. The number of nitrogens with two attached hydrogens (primary N) is 1. The third-order valence-electron chi connectivity index (χ3n) is 4.40. The van der Waals surface area contributed by atoms with Gasteiger partial charge in [-0.15, -0.1) is 0 Å². The van der Waals surface area contributed by atoms with Crippen LogP contribution in [0, 0.1) is 0 Å². The van der Waals surface area contributed by atoms with Crippen LogP contribution < -0.4 is 10.5 Å². The summed E-state index contributed by atoms with van der Waals surface area (Å²) in [5, 5.41) is 0.788. The van der Waals surface area contributed by atoms with Crippen molar-refractivity contribution in [1.82, 2.24) is 4.90 Å². The van der Waals surface area contributed by atoms with Crippen molar-refractivity contribution in [2.24, 2.45) is 5.73 Å². The number of fused-ring (bicyclic) bond motifs is 1. The molecular formula is C16H21ClN2OS. The first-order valence-corrected chi connectivity index (χ1v) is 8.38. The van der Waals surface area contributed by atoms with Crippen molar-refractivity contribution in [3.8, 4) is 5.75 Å². The van der Waals surface area contributed by atoms with Crippen LogP contribution in [0.3, 0.4) is 0 Å². The highest BCUT2D eigenvalue weighted by molar-refractivity contribution is 7.80. The van der Waals surface area contributed by atoms with Gasteiger partial charge in [-0.25, -0.2) is 0 Å². The van der Waals surface area contributed by atoms with Gasteiger partial charge in [0.1, 0.15) is 5.75 Å². The molecule has 3 rings (SSSR count). The molecule has 1 aliphatic heterocycles. The normalized spacial score (nSPS) is 18.0. The molecule has 0 radical (unpaired) electrons. The monoisotopic (exact) mass is 324 g/mol. The molecule has 5 heteroatoms. The summed E-state index contributed by atoms with van der Waals surface area (Å²) < 4.78 is 5.80. The zero-order valence-electron chi connectivity index (χ0n) is 12.1. The van der Waals surface area contributed by atoms with Crippen LogP contribution in [-0.2, 0) is 13.0 Å². The number of ether oxygens (including phenoxy) is 1. The van der Waals surface area contributed by atoms with Crippen LogP contribution in [0.15, 0.2) is 12.1 Å². The third kappa shape index (κ3) is 3.50. The van der Waals surface area contributed by atoms with E-state index in [-0.39, 0.29) is 0 Å². The van der Waals surface area contributed by atoms with E-state index in [1.807, 2.05) is 12.1 Å². The minimum Gasteiger partial charge on any atom is -0.493 e. The molecule has 1 aliphatic carbocycles. The lowest BCUT2D eigenvalue weighted by atomic mass is 10.1. The first kappa shape index (κ1) is 15.1. The molecule has 0 amide bonds. The molecule has 1 aromatic carbocycles. The summed E-state index contributed by atoms with van der Waals surface area (Å²) in [4.78, 5) is 2.95. The number of nitrogens with zero attached hydrogens (tertiary/aromatic N) is 1. The number of thiocarbonyl (C=S) groups is 1. The largest absolute Gasteiger partial charge is 0.493 e. The number of benzene rings is 1. The minimum absolute atomic E-state index is 0.557. The molecule has 1 saturated carbocycles. The average Bonchev–Trinajstić information content (AvgIpc) is 3.07. The Bertz CT molecular complexity index is 543. The molecule has 114 valence electrons. The van der Waals surface area contributed by atoms with E-state index >= 15 is 0 Å². The zero-order valence-corrected chi connectivity index (χ0v) is 13.7. The molecule has 0 unspecified atom stereocenters. The molecule has 1 heterocycles. The molecule has 2 aliphatic rings. The number of hydrogen-bond acceptors (Lipinski definition) is 3. The second kappa shape index (κ2) is 6.51. The first-order chi connectivity index (χ1) is 10.1. The number of halogens is 1. The predicted octanol–water partition coefficient (Wildman–Crippen LogP) is 3.31. The van der Waals surface area contributed by atoms with Crippen molar-refractivity contribution in [2.75, 3.05) is 13.2 Å². The van der Waals surface area contributed by atoms with Gasteiger partial charge in [-0.3, -0.25) is 4.90 Å². The molecule has 1 aromatic rings. The summed E-state index contributed by atoms with van der Waals surface area (Å²) in [5.74, 6) is 1.02. The summed E-state index contributed by atoms with van der Waals surface area (Å²) in [5.41, 5.74) is 8.18. The maximum absolute atomic E-state index is 6.25. The van der Waals surface area contributed by atoms with Gasteiger partial charge in [-0.1, -0.05) is 36.7 Å². The van der Waals surface area contributed by atoms with Crippen molar-refractivity contribution in [3.05, 3.63) is 28.3 Å². The summed E-state index contributed by atoms with van der Waals surface area (Å²) >= 11 is 11.4. The van der Waals surface area contributed by atoms with Crippen LogP contribution >= 0.6 is 23.8 Å². The Kier molecular flexibility index (Phi) is 4.67. The van der Waals surface area contributed by atoms with E-state index in [0.717, 1.165) is 35.9 Å². The van der Waals surface area contributed by atoms with Crippen molar-refractivity contribution < 1.29 is 4.74 Å². The molecule has 2 N–H and O–H groups in total. The fourth-order valence-electron chi connectivity index (χ4n) is 3.47. The van der Waals surface area contributed by atoms with Gasteiger partial charge >= 0.3 is 0 Å². The molecule has 0 aromatic heterocycles. The van der Waals surface area contributed by atoms with Crippen molar-refractivity contribution in [2.45, 2.75) is 44.7 Å².